The lowest BCUT2D eigenvalue weighted by Crippen LogP contribution is -2.37. The van der Waals surface area contributed by atoms with Crippen LogP contribution in [0.3, 0.4) is 0 Å². The molecule has 0 radical (unpaired) electrons. The molecule has 26 heavy (non-hydrogen) atoms. The van der Waals surface area contributed by atoms with Gasteiger partial charge in [-0.2, -0.15) is 11.8 Å². The first kappa shape index (κ1) is 23.1. The molecule has 0 aliphatic carbocycles. The number of aliphatic imine (C=N–C) groups is 1. The first-order valence-electron chi connectivity index (χ1n) is 9.07. The number of rotatable bonds is 8. The fourth-order valence-electron chi connectivity index (χ4n) is 2.86. The van der Waals surface area contributed by atoms with E-state index in [1.807, 2.05) is 28.8 Å². The van der Waals surface area contributed by atoms with Gasteiger partial charge in [-0.05, 0) is 55.4 Å². The summed E-state index contributed by atoms with van der Waals surface area (Å²) in [6.45, 7) is 2.50. The Hall–Kier alpha value is -0.960. The Labute approximate surface area is 178 Å². The number of carbonyl (C=O) groups excluding carboxylic acids is 1. The molecule has 2 rings (SSSR count). The molecule has 1 fully saturated rings. The quantitative estimate of drug-likeness (QED) is 0.253. The number of piperidine rings is 1. The van der Waals surface area contributed by atoms with Crippen molar-refractivity contribution in [3.63, 3.8) is 0 Å². The average Bonchev–Trinajstić information content (AvgIpc) is 2.65. The Morgan fingerprint density at radius 3 is 2.62 bits per heavy atom. The van der Waals surface area contributed by atoms with Crippen molar-refractivity contribution in [2.45, 2.75) is 38.6 Å². The van der Waals surface area contributed by atoms with E-state index < -0.39 is 0 Å². The average molecular weight is 490 g/mol. The van der Waals surface area contributed by atoms with Gasteiger partial charge < -0.3 is 15.5 Å². The Bertz CT molecular complexity index is 565. The Morgan fingerprint density at radius 1 is 1.19 bits per heavy atom. The lowest BCUT2D eigenvalue weighted by Gasteiger charge is -2.26. The number of anilines is 1. The Kier molecular flexibility index (Phi) is 11.8. The van der Waals surface area contributed by atoms with Gasteiger partial charge in [-0.25, -0.2) is 0 Å². The van der Waals surface area contributed by atoms with Crippen molar-refractivity contribution in [2.24, 2.45) is 4.99 Å². The molecular formula is C19H31IN4OS. The van der Waals surface area contributed by atoms with Gasteiger partial charge in [-0.15, -0.1) is 24.0 Å². The number of guanidine groups is 1. The van der Waals surface area contributed by atoms with Crippen LogP contribution < -0.4 is 15.5 Å². The van der Waals surface area contributed by atoms with Crippen LogP contribution in [0.1, 0.15) is 37.7 Å². The predicted octanol–water partition coefficient (Wildman–Crippen LogP) is 3.63. The number of thioether (sulfide) groups is 1. The summed E-state index contributed by atoms with van der Waals surface area (Å²) < 4.78 is 0. The van der Waals surface area contributed by atoms with Gasteiger partial charge in [0.15, 0.2) is 5.96 Å². The molecule has 0 bridgehead atoms. The molecule has 0 aromatic heterocycles. The highest BCUT2D eigenvalue weighted by atomic mass is 127. The molecule has 1 amide bonds. The summed E-state index contributed by atoms with van der Waals surface area (Å²) in [5.74, 6) is 2.28. The first-order chi connectivity index (χ1) is 12.2. The third-order valence-corrected chi connectivity index (χ3v) is 5.02. The zero-order chi connectivity index (χ0) is 17.9. The maximum Gasteiger partial charge on any atom is 0.226 e. The van der Waals surface area contributed by atoms with Crippen LogP contribution in [0.15, 0.2) is 29.3 Å². The smallest absolute Gasteiger partial charge is 0.226 e. The molecule has 1 heterocycles. The molecule has 0 saturated carbocycles. The zero-order valence-electron chi connectivity index (χ0n) is 15.8. The monoisotopic (exact) mass is 490 g/mol. The largest absolute Gasteiger partial charge is 0.356 e. The van der Waals surface area contributed by atoms with E-state index in [0.29, 0.717) is 6.42 Å². The van der Waals surface area contributed by atoms with Gasteiger partial charge >= 0.3 is 0 Å². The molecule has 1 aliphatic heterocycles. The third kappa shape index (κ3) is 7.73. The molecule has 1 aromatic rings. The van der Waals surface area contributed by atoms with Gasteiger partial charge in [0.25, 0.3) is 0 Å². The van der Waals surface area contributed by atoms with E-state index in [0.717, 1.165) is 50.5 Å². The number of benzene rings is 1. The van der Waals surface area contributed by atoms with Gasteiger partial charge in [0.2, 0.25) is 5.91 Å². The fourth-order valence-corrected chi connectivity index (χ4v) is 3.35. The van der Waals surface area contributed by atoms with Gasteiger partial charge in [-0.3, -0.25) is 9.79 Å². The van der Waals surface area contributed by atoms with Crippen molar-refractivity contribution in [2.75, 3.05) is 37.0 Å². The number of nitrogens with zero attached hydrogens (tertiary/aromatic N) is 2. The number of carbonyl (C=O) groups is 1. The van der Waals surface area contributed by atoms with Crippen LogP contribution in [0.25, 0.3) is 0 Å². The topological polar surface area (TPSA) is 56.7 Å². The Balaban J connectivity index is 0.00000338. The van der Waals surface area contributed by atoms with Crippen LogP contribution >= 0.6 is 35.7 Å². The van der Waals surface area contributed by atoms with Crippen molar-refractivity contribution >= 4 is 53.3 Å². The van der Waals surface area contributed by atoms with Crippen molar-refractivity contribution in [3.8, 4) is 0 Å². The highest BCUT2D eigenvalue weighted by Crippen LogP contribution is 2.21. The van der Waals surface area contributed by atoms with Crippen LogP contribution in [-0.4, -0.2) is 44.0 Å². The molecule has 1 aromatic carbocycles. The minimum atomic E-state index is 0. The van der Waals surface area contributed by atoms with Crippen LogP contribution in [0.5, 0.6) is 0 Å². The minimum absolute atomic E-state index is 0. The maximum atomic E-state index is 12.0. The molecule has 2 N–H and O–H groups in total. The summed E-state index contributed by atoms with van der Waals surface area (Å²) >= 11 is 1.89. The highest BCUT2D eigenvalue weighted by Gasteiger charge is 2.19. The summed E-state index contributed by atoms with van der Waals surface area (Å²) in [5, 5.41) is 6.68. The molecule has 146 valence electrons. The van der Waals surface area contributed by atoms with Gasteiger partial charge in [0, 0.05) is 38.8 Å². The summed E-state index contributed by atoms with van der Waals surface area (Å²) in [5.41, 5.74) is 2.18. The van der Waals surface area contributed by atoms with E-state index in [4.69, 9.17) is 0 Å². The van der Waals surface area contributed by atoms with E-state index in [1.165, 1.54) is 17.7 Å². The first-order valence-corrected chi connectivity index (χ1v) is 10.5. The van der Waals surface area contributed by atoms with Crippen molar-refractivity contribution in [3.05, 3.63) is 29.8 Å². The number of unbranched alkanes of at least 4 members (excludes halogenated alkanes) is 1. The van der Waals surface area contributed by atoms with Crippen molar-refractivity contribution in [1.82, 2.24) is 10.6 Å². The second-order valence-electron chi connectivity index (χ2n) is 6.22. The second kappa shape index (κ2) is 13.2. The van der Waals surface area contributed by atoms with E-state index in [-0.39, 0.29) is 29.9 Å². The molecular weight excluding hydrogens is 459 g/mol. The normalized spacial score (nSPS) is 14.8. The molecule has 5 nitrogen and oxygen atoms in total. The summed E-state index contributed by atoms with van der Waals surface area (Å²) in [4.78, 5) is 18.1. The fraction of sp³-hybridized carbons (Fsp3) is 0.579. The van der Waals surface area contributed by atoms with Gasteiger partial charge in [0.05, 0.1) is 0 Å². The number of halogens is 1. The molecule has 0 unspecified atom stereocenters. The number of hydrogen-bond donors (Lipinski definition) is 2. The number of hydrogen-bond acceptors (Lipinski definition) is 3. The molecule has 0 spiro atoms. The third-order valence-electron chi connectivity index (χ3n) is 4.32. The summed E-state index contributed by atoms with van der Waals surface area (Å²) in [6, 6.07) is 8.24. The summed E-state index contributed by atoms with van der Waals surface area (Å²) in [6.07, 6.45) is 7.29. The molecule has 1 saturated heterocycles. The molecule has 0 atom stereocenters. The van der Waals surface area contributed by atoms with Crippen LogP contribution in [0, 0.1) is 0 Å². The standard InChI is InChI=1S/C19H30N4OS.HI/c1-20-19(21-12-4-6-14-25-2)22-15-16-8-10-17(11-9-16)23-13-5-3-7-18(23)24;/h8-11H,3-7,12-15H2,1-2H3,(H2,20,21,22);1H. The van der Waals surface area contributed by atoms with Crippen molar-refractivity contribution in [1.29, 1.82) is 0 Å². The van der Waals surface area contributed by atoms with E-state index in [1.54, 1.807) is 7.05 Å². The van der Waals surface area contributed by atoms with E-state index >= 15 is 0 Å². The van der Waals surface area contributed by atoms with Crippen LogP contribution in [0.2, 0.25) is 0 Å². The van der Waals surface area contributed by atoms with Crippen LogP contribution in [0.4, 0.5) is 5.69 Å². The van der Waals surface area contributed by atoms with E-state index in [9.17, 15) is 4.79 Å². The van der Waals surface area contributed by atoms with E-state index in [2.05, 4.69) is 34.0 Å². The van der Waals surface area contributed by atoms with Crippen LogP contribution in [-0.2, 0) is 11.3 Å². The lowest BCUT2D eigenvalue weighted by atomic mass is 10.1. The lowest BCUT2D eigenvalue weighted by molar-refractivity contribution is -0.119. The molecule has 7 heteroatoms. The number of amides is 1. The number of nitrogens with one attached hydrogen (secondary N) is 2. The zero-order valence-corrected chi connectivity index (χ0v) is 18.9. The summed E-state index contributed by atoms with van der Waals surface area (Å²) in [7, 11) is 1.79. The van der Waals surface area contributed by atoms with Gasteiger partial charge in [0.1, 0.15) is 0 Å². The Morgan fingerprint density at radius 2 is 1.96 bits per heavy atom. The second-order valence-corrected chi connectivity index (χ2v) is 7.21. The van der Waals surface area contributed by atoms with Crippen molar-refractivity contribution < 1.29 is 4.79 Å². The highest BCUT2D eigenvalue weighted by molar-refractivity contribution is 14.0. The predicted molar refractivity (Wildman–Crippen MR) is 124 cm³/mol. The SMILES string of the molecule is CN=C(NCCCCSC)NCc1ccc(N2CCCCC2=O)cc1.I. The molecule has 1 aliphatic rings. The maximum absolute atomic E-state index is 12.0. The minimum Gasteiger partial charge on any atom is -0.356 e. The van der Waals surface area contributed by atoms with Gasteiger partial charge in [-0.1, -0.05) is 12.1 Å².